The number of nitrogens with zero attached hydrogens (tertiary/aromatic N) is 1. The zero-order valence-electron chi connectivity index (χ0n) is 12.6. The highest BCUT2D eigenvalue weighted by molar-refractivity contribution is 7.93. The molecular formula is C13H17NO7S2. The molecule has 0 atom stereocenters. The zero-order valence-corrected chi connectivity index (χ0v) is 14.3. The van der Waals surface area contributed by atoms with Gasteiger partial charge in [-0.05, 0) is 24.3 Å². The van der Waals surface area contributed by atoms with Gasteiger partial charge in [0.25, 0.3) is 0 Å². The third-order valence-corrected chi connectivity index (χ3v) is 7.35. The number of ether oxygens (including phenoxy) is 2. The molecule has 0 aliphatic carbocycles. The summed E-state index contributed by atoms with van der Waals surface area (Å²) in [7, 11) is -4.92. The summed E-state index contributed by atoms with van der Waals surface area (Å²) in [5.41, 5.74) is 0. The standard InChI is InChI=1S/C13H17NO7S2/c1-20-10-3-5-11(6-4-10)23(18,19)12-7-14(8-12)22(16,17)9-13(15)21-2/h3-6,12H,7-9H2,1-2H3. The largest absolute Gasteiger partial charge is 0.497 e. The minimum atomic E-state index is -3.85. The number of hydrogen-bond acceptors (Lipinski definition) is 7. The van der Waals surface area contributed by atoms with Crippen LogP contribution in [0, 0.1) is 0 Å². The van der Waals surface area contributed by atoms with Crippen LogP contribution in [0.25, 0.3) is 0 Å². The first-order valence-corrected chi connectivity index (χ1v) is 9.79. The predicted octanol–water partition coefficient (Wildman–Crippen LogP) is -0.344. The maximum absolute atomic E-state index is 12.4. The van der Waals surface area contributed by atoms with Crippen molar-refractivity contribution >= 4 is 25.8 Å². The molecule has 1 aliphatic heterocycles. The summed E-state index contributed by atoms with van der Waals surface area (Å²) in [4.78, 5) is 11.2. The van der Waals surface area contributed by atoms with E-state index in [1.165, 1.54) is 31.4 Å². The van der Waals surface area contributed by atoms with Gasteiger partial charge in [-0.25, -0.2) is 16.8 Å². The Morgan fingerprint density at radius 1 is 1.13 bits per heavy atom. The van der Waals surface area contributed by atoms with Crippen LogP contribution in [0.5, 0.6) is 5.75 Å². The number of sulfonamides is 1. The van der Waals surface area contributed by atoms with E-state index in [0.29, 0.717) is 5.75 Å². The smallest absolute Gasteiger partial charge is 0.322 e. The summed E-state index contributed by atoms with van der Waals surface area (Å²) in [5.74, 6) is -1.15. The van der Waals surface area contributed by atoms with Crippen LogP contribution in [0.3, 0.4) is 0 Å². The van der Waals surface area contributed by atoms with Crippen molar-refractivity contribution < 1.29 is 31.1 Å². The van der Waals surface area contributed by atoms with Crippen LogP contribution in [-0.2, 0) is 29.4 Å². The maximum Gasteiger partial charge on any atom is 0.322 e. The molecule has 2 rings (SSSR count). The monoisotopic (exact) mass is 363 g/mol. The van der Waals surface area contributed by atoms with Crippen LogP contribution in [0.4, 0.5) is 0 Å². The maximum atomic E-state index is 12.4. The van der Waals surface area contributed by atoms with Gasteiger partial charge < -0.3 is 9.47 Å². The van der Waals surface area contributed by atoms with Crippen LogP contribution in [-0.4, -0.2) is 65.4 Å². The van der Waals surface area contributed by atoms with Gasteiger partial charge in [0.2, 0.25) is 10.0 Å². The second-order valence-corrected chi connectivity index (χ2v) is 9.19. The fraction of sp³-hybridized carbons (Fsp3) is 0.462. The van der Waals surface area contributed by atoms with E-state index in [4.69, 9.17) is 4.74 Å². The Kier molecular flexibility index (Phi) is 4.97. The molecule has 0 saturated carbocycles. The van der Waals surface area contributed by atoms with Gasteiger partial charge in [0.1, 0.15) is 5.75 Å². The van der Waals surface area contributed by atoms with Gasteiger partial charge >= 0.3 is 5.97 Å². The third kappa shape index (κ3) is 3.65. The second-order valence-electron chi connectivity index (χ2n) is 4.99. The Bertz CT molecular complexity index is 778. The fourth-order valence-corrected chi connectivity index (χ4v) is 5.34. The van der Waals surface area contributed by atoms with Gasteiger partial charge in [-0.3, -0.25) is 4.79 Å². The van der Waals surface area contributed by atoms with Crippen molar-refractivity contribution in [3.05, 3.63) is 24.3 Å². The summed E-state index contributed by atoms with van der Waals surface area (Å²) in [5, 5.41) is -0.830. The second kappa shape index (κ2) is 6.46. The molecule has 0 N–H and O–H groups in total. The molecule has 1 heterocycles. The lowest BCUT2D eigenvalue weighted by molar-refractivity contribution is -0.137. The summed E-state index contributed by atoms with van der Waals surface area (Å²) < 4.78 is 58.8. The summed E-state index contributed by atoms with van der Waals surface area (Å²) >= 11 is 0. The van der Waals surface area contributed by atoms with E-state index in [1.54, 1.807) is 0 Å². The van der Waals surface area contributed by atoms with Crippen molar-refractivity contribution in [1.29, 1.82) is 0 Å². The molecule has 0 radical (unpaired) electrons. The van der Waals surface area contributed by atoms with Crippen LogP contribution >= 0.6 is 0 Å². The topological polar surface area (TPSA) is 107 Å². The summed E-state index contributed by atoms with van der Waals surface area (Å²) in [6.07, 6.45) is 0. The number of esters is 1. The third-order valence-electron chi connectivity index (χ3n) is 3.56. The van der Waals surface area contributed by atoms with Crippen LogP contribution in [0.2, 0.25) is 0 Å². The number of carbonyl (C=O) groups excluding carboxylic acids is 1. The van der Waals surface area contributed by atoms with Crippen LogP contribution in [0.15, 0.2) is 29.2 Å². The van der Waals surface area contributed by atoms with Gasteiger partial charge in [0.05, 0.1) is 24.4 Å². The number of hydrogen-bond donors (Lipinski definition) is 0. The van der Waals surface area contributed by atoms with Crippen molar-refractivity contribution in [2.45, 2.75) is 10.1 Å². The zero-order chi connectivity index (χ0) is 17.3. The molecule has 0 spiro atoms. The van der Waals surface area contributed by atoms with E-state index in [0.717, 1.165) is 11.4 Å². The Labute approximate surface area is 135 Å². The molecule has 0 unspecified atom stereocenters. The molecule has 1 aromatic carbocycles. The molecule has 128 valence electrons. The van der Waals surface area contributed by atoms with Crippen LogP contribution < -0.4 is 4.74 Å². The van der Waals surface area contributed by atoms with E-state index >= 15 is 0 Å². The van der Waals surface area contributed by atoms with Crippen molar-refractivity contribution in [1.82, 2.24) is 4.31 Å². The minimum Gasteiger partial charge on any atom is -0.497 e. The lowest BCUT2D eigenvalue weighted by Crippen LogP contribution is -2.57. The highest BCUT2D eigenvalue weighted by atomic mass is 32.2. The van der Waals surface area contributed by atoms with Crippen molar-refractivity contribution in [3.63, 3.8) is 0 Å². The lowest BCUT2D eigenvalue weighted by atomic mass is 10.3. The Hall–Kier alpha value is -1.65. The quantitative estimate of drug-likeness (QED) is 0.636. The Morgan fingerprint density at radius 2 is 1.70 bits per heavy atom. The molecule has 1 aromatic rings. The van der Waals surface area contributed by atoms with Gasteiger partial charge in [-0.15, -0.1) is 0 Å². The number of sulfone groups is 1. The number of carbonyl (C=O) groups is 1. The first-order chi connectivity index (χ1) is 10.7. The average molecular weight is 363 g/mol. The van der Waals surface area contributed by atoms with Crippen molar-refractivity contribution in [3.8, 4) is 5.75 Å². The van der Waals surface area contributed by atoms with Crippen LogP contribution in [0.1, 0.15) is 0 Å². The lowest BCUT2D eigenvalue weighted by Gasteiger charge is -2.37. The van der Waals surface area contributed by atoms with Gasteiger partial charge in [0.15, 0.2) is 15.6 Å². The molecule has 1 saturated heterocycles. The van der Waals surface area contributed by atoms with E-state index < -0.39 is 36.8 Å². The number of rotatable bonds is 6. The Morgan fingerprint density at radius 3 is 2.17 bits per heavy atom. The van der Waals surface area contributed by atoms with E-state index in [2.05, 4.69) is 4.74 Å². The summed E-state index contributed by atoms with van der Waals surface area (Å²) in [6, 6.07) is 5.88. The molecule has 23 heavy (non-hydrogen) atoms. The molecule has 1 aliphatic rings. The molecule has 10 heteroatoms. The van der Waals surface area contributed by atoms with Gasteiger partial charge in [0, 0.05) is 13.1 Å². The van der Waals surface area contributed by atoms with E-state index in [9.17, 15) is 21.6 Å². The Balaban J connectivity index is 2.07. The van der Waals surface area contributed by atoms with E-state index in [-0.39, 0.29) is 18.0 Å². The molecule has 8 nitrogen and oxygen atoms in total. The molecule has 1 fully saturated rings. The highest BCUT2D eigenvalue weighted by Crippen LogP contribution is 2.27. The molecular weight excluding hydrogens is 346 g/mol. The first-order valence-electron chi connectivity index (χ1n) is 6.63. The first kappa shape index (κ1) is 17.7. The predicted molar refractivity (Wildman–Crippen MR) is 81.3 cm³/mol. The molecule has 0 aromatic heterocycles. The minimum absolute atomic E-state index is 0.105. The van der Waals surface area contributed by atoms with Gasteiger partial charge in [-0.1, -0.05) is 0 Å². The van der Waals surface area contributed by atoms with Gasteiger partial charge in [-0.2, -0.15) is 4.31 Å². The average Bonchev–Trinajstić information content (AvgIpc) is 2.44. The molecule has 0 bridgehead atoms. The highest BCUT2D eigenvalue weighted by Gasteiger charge is 2.44. The summed E-state index contributed by atoms with van der Waals surface area (Å²) in [6.45, 7) is -0.346. The molecule has 0 amide bonds. The van der Waals surface area contributed by atoms with Crippen molar-refractivity contribution in [2.75, 3.05) is 33.1 Å². The number of methoxy groups -OCH3 is 2. The number of benzene rings is 1. The van der Waals surface area contributed by atoms with Crippen molar-refractivity contribution in [2.24, 2.45) is 0 Å². The van der Waals surface area contributed by atoms with E-state index in [1.807, 2.05) is 0 Å². The fourth-order valence-electron chi connectivity index (χ4n) is 2.08. The SMILES string of the molecule is COC(=O)CS(=O)(=O)N1CC(S(=O)(=O)c2ccc(OC)cc2)C1. The normalized spacial score (nSPS) is 16.6.